The molecule has 34 heteroatoms. The normalized spacial score (nSPS) is 18.8. The molecule has 4 aliphatic rings. The van der Waals surface area contributed by atoms with Crippen LogP contribution in [0.25, 0.3) is 40.5 Å². The molecule has 9 aromatic rings. The summed E-state index contributed by atoms with van der Waals surface area (Å²) in [4.78, 5) is 38.8. The molecule has 1 fully saturated rings. The summed E-state index contributed by atoms with van der Waals surface area (Å²) in [6, 6.07) is 17.6. The van der Waals surface area contributed by atoms with Gasteiger partial charge in [-0.1, -0.05) is 70.7 Å². The number of ether oxygens (including phenoxy) is 2. The predicted molar refractivity (Wildman–Crippen MR) is 481 cm³/mol. The van der Waals surface area contributed by atoms with Gasteiger partial charge in [-0.25, -0.2) is 53.9 Å². The first kappa shape index (κ1) is 104. The van der Waals surface area contributed by atoms with Gasteiger partial charge < -0.3 is 28.1 Å². The minimum Gasteiger partial charge on any atom is -0.478 e. The van der Waals surface area contributed by atoms with Gasteiger partial charge in [-0.3, -0.25) is 28.7 Å². The summed E-state index contributed by atoms with van der Waals surface area (Å²) in [7, 11) is -3.88. The summed E-state index contributed by atoms with van der Waals surface area (Å²) in [6.45, 7) is 30.8. The molecule has 0 amide bonds. The fourth-order valence-corrected chi connectivity index (χ4v) is 16.9. The number of hydrogen-bond acceptors (Lipinski definition) is 16. The number of carboxylic acid groups (broad SMARTS) is 1. The maximum Gasteiger partial charge on any atom is 0.534 e. The number of aliphatic carboxylic acids is 1. The second kappa shape index (κ2) is 42.5. The van der Waals surface area contributed by atoms with Crippen molar-refractivity contribution in [3.05, 3.63) is 248 Å². The molecule has 0 aliphatic carbocycles. The van der Waals surface area contributed by atoms with Crippen LogP contribution in [0.15, 0.2) is 146 Å². The van der Waals surface area contributed by atoms with E-state index in [9.17, 15) is 49.1 Å². The zero-order valence-electron chi connectivity index (χ0n) is 76.1. The average molecular weight is 1850 g/mol. The third-order valence-electron chi connectivity index (χ3n) is 22.9. The number of nitrogens with zero attached hydrogens (tertiary/aromatic N) is 9. The molecule has 7 heterocycles. The molecule has 0 radical (unpaired) electrons. The molecule has 20 nitrogen and oxygen atoms in total. The summed E-state index contributed by atoms with van der Waals surface area (Å²) in [6.07, 6.45) is 22.3. The van der Waals surface area contributed by atoms with E-state index in [2.05, 4.69) is 77.4 Å². The van der Waals surface area contributed by atoms with Crippen molar-refractivity contribution in [3.8, 4) is 28.0 Å². The second-order valence-electron chi connectivity index (χ2n) is 35.9. The molecule has 4 aliphatic heterocycles. The first-order valence-corrected chi connectivity index (χ1v) is 44.2. The number of halogens is 12. The molecule has 1 saturated heterocycles. The highest BCUT2D eigenvalue weighted by molar-refractivity contribution is 7.88. The van der Waals surface area contributed by atoms with E-state index in [0.717, 1.165) is 163 Å². The van der Waals surface area contributed by atoms with Gasteiger partial charge in [0.2, 0.25) is 0 Å². The maximum atomic E-state index is 15.6. The fourth-order valence-electron chi connectivity index (χ4n) is 16.4. The van der Waals surface area contributed by atoms with Crippen molar-refractivity contribution in [2.75, 3.05) is 33.9 Å². The first-order chi connectivity index (χ1) is 60.7. The van der Waals surface area contributed by atoms with E-state index in [-0.39, 0.29) is 103 Å². The van der Waals surface area contributed by atoms with E-state index in [1.807, 2.05) is 111 Å². The number of carbonyl (C=O) groups excluding carboxylic acids is 2. The van der Waals surface area contributed by atoms with Gasteiger partial charge in [0.1, 0.15) is 57.7 Å². The van der Waals surface area contributed by atoms with E-state index in [1.165, 1.54) is 77.8 Å². The van der Waals surface area contributed by atoms with Gasteiger partial charge >= 0.3 is 40.7 Å². The number of aryl methyl sites for hydroxylation is 3. The Bertz CT molecular complexity index is 5670. The lowest BCUT2D eigenvalue weighted by Gasteiger charge is -2.44. The largest absolute Gasteiger partial charge is 0.534 e. The molecule has 6 atom stereocenters. The van der Waals surface area contributed by atoms with Crippen LogP contribution in [0.1, 0.15) is 222 Å². The van der Waals surface area contributed by atoms with Crippen LogP contribution >= 0.6 is 0 Å². The Morgan fingerprint density at radius 2 is 0.794 bits per heavy atom. The second-order valence-corrected chi connectivity index (χ2v) is 37.4. The van der Waals surface area contributed by atoms with Crippen LogP contribution in [-0.4, -0.2) is 168 Å². The first-order valence-electron chi connectivity index (χ1n) is 42.8. The van der Waals surface area contributed by atoms with Crippen molar-refractivity contribution < 1.29 is 104 Å². The van der Waals surface area contributed by atoms with Crippen molar-refractivity contribution in [1.29, 1.82) is 0 Å². The molecule has 708 valence electrons. The number of alkyl halides is 6. The van der Waals surface area contributed by atoms with Crippen LogP contribution in [-0.2, 0) is 82.2 Å². The van der Waals surface area contributed by atoms with E-state index >= 15 is 26.3 Å². The minimum absolute atomic E-state index is 0. The standard InChI is InChI=1S/C30H34F3N3O2.C29H32F3N3O2.C25H25F6NO5S.C12H21BN2O2.CH4/c1-6-11-35-17-23(16-34-35)21-8-9-24-22(15-21)12-19(2)36(18-30(3,4)33)29(24)28-25(31)13-20(14-26(28)32)7-10-27(37)38-5;1-5-10-34-16-22(15-33-34)20-7-8-23-21(14-20)11-18(2)35(17-29(3,4)32)28(23)27-24(30)12-19(13-25(27)31)6-9-26(36)37;1-14-9-16-12-17(37-38(34,35)25(29,30)31)6-7-18(16)23(32(14)13-24(2,3)28)22-19(26)10-15(11-20(22)27)5-8-21(33)36-4;1-6-7-15-9-10(8-14-15)13-16-11(2,3)12(4,5)17-13;/h7-10,13-17,19,29H,6,11-12,18H2,1-5H3;6-9,12-16,18,28H,5,10-11,17H2,1-4H3,(H,36,37);5-8,10-12,14,23H,9,13H2,1-4H3;8-9H,6-7H2,1-5H3;1H4/b10-7+;9-6+;8-5+;;. The Balaban J connectivity index is 0.000000202. The lowest BCUT2D eigenvalue weighted by molar-refractivity contribution is -0.135. The third-order valence-corrected chi connectivity index (χ3v) is 23.9. The molecule has 6 unspecified atom stereocenters. The molecule has 13 rings (SSSR count). The summed E-state index contributed by atoms with van der Waals surface area (Å²) in [5.41, 5.74) is -2.90. The third kappa shape index (κ3) is 26.0. The van der Waals surface area contributed by atoms with Crippen molar-refractivity contribution in [2.45, 2.75) is 246 Å². The average Bonchev–Trinajstić information content (AvgIpc) is 1.43. The van der Waals surface area contributed by atoms with E-state index in [4.69, 9.17) is 14.4 Å². The van der Waals surface area contributed by atoms with Crippen LogP contribution in [0, 0.1) is 34.9 Å². The van der Waals surface area contributed by atoms with Crippen LogP contribution in [0.3, 0.4) is 0 Å². The number of hydrogen-bond donors (Lipinski definition) is 1. The van der Waals surface area contributed by atoms with Gasteiger partial charge in [0.25, 0.3) is 0 Å². The Hall–Kier alpha value is -10.6. The van der Waals surface area contributed by atoms with Gasteiger partial charge in [-0.15, -0.1) is 0 Å². The zero-order valence-corrected chi connectivity index (χ0v) is 76.9. The predicted octanol–water partition coefficient (Wildman–Crippen LogP) is 20.6. The SMILES string of the molecule is C.CCCn1cc(-c2ccc3c(c2)CC(C)N(CC(C)(C)F)C3c2c(F)cc(/C=C/C(=O)O)cc2F)cn1.CCCn1cc(-c2ccc3c(c2)CC(C)N(CC(C)(C)F)C3c2c(F)cc(/C=C/C(=O)OC)cc2F)cn1.CCCn1cc(B2OC(C)(C)C(C)(C)O2)cn1.COC(=O)/C=C/c1cc(F)c(C2c3ccc(OS(=O)(=O)C(F)(F)F)cc3CC(C)N2CC(C)(C)F)c(F)c1. The molecule has 0 saturated carbocycles. The molecule has 131 heavy (non-hydrogen) atoms. The highest BCUT2D eigenvalue weighted by Crippen LogP contribution is 2.48. The molecule has 1 N–H and O–H groups in total. The van der Waals surface area contributed by atoms with E-state index < -0.39 is 121 Å². The number of esters is 2. The molecular formula is C97H116BF12N9O11S. The quantitative estimate of drug-likeness (QED) is 0.0133. The summed E-state index contributed by atoms with van der Waals surface area (Å²) in [5, 5.41) is 22.0. The highest BCUT2D eigenvalue weighted by atomic mass is 32.2. The van der Waals surface area contributed by atoms with Crippen molar-refractivity contribution >= 4 is 58.8 Å². The molecule has 0 bridgehead atoms. The van der Waals surface area contributed by atoms with Gasteiger partial charge in [0.05, 0.1) is 55.9 Å². The number of methoxy groups -OCH3 is 2. The fraction of sp³-hybridized carbons (Fsp3) is 0.443. The van der Waals surface area contributed by atoms with Crippen LogP contribution < -0.4 is 9.65 Å². The minimum atomic E-state index is -5.94. The number of carbonyl (C=O) groups is 3. The smallest absolute Gasteiger partial charge is 0.478 e. The Morgan fingerprint density at radius 3 is 1.11 bits per heavy atom. The summed E-state index contributed by atoms with van der Waals surface area (Å²) < 4.78 is 230. The molecule has 0 spiro atoms. The van der Waals surface area contributed by atoms with Crippen LogP contribution in [0.2, 0.25) is 0 Å². The Labute approximate surface area is 758 Å². The molecular weight excluding hydrogens is 1740 g/mol. The highest BCUT2D eigenvalue weighted by Gasteiger charge is 2.53. The van der Waals surface area contributed by atoms with E-state index in [0.29, 0.717) is 12.8 Å². The van der Waals surface area contributed by atoms with Crippen molar-refractivity contribution in [3.63, 3.8) is 0 Å². The molecule has 3 aromatic heterocycles. The maximum absolute atomic E-state index is 15.6. The zero-order chi connectivity index (χ0) is 95.8. The summed E-state index contributed by atoms with van der Waals surface area (Å²) in [5.74, 6) is -8.37. The summed E-state index contributed by atoms with van der Waals surface area (Å²) >= 11 is 0. The number of rotatable bonds is 26. The Kier molecular flexibility index (Phi) is 33.8. The number of fused-ring (bicyclic) bond motifs is 3. The number of benzene rings is 6. The molecule has 6 aromatic carbocycles. The van der Waals surface area contributed by atoms with Crippen molar-refractivity contribution in [2.24, 2.45) is 0 Å². The number of carboxylic acids is 1. The number of aromatic nitrogens is 6. The van der Waals surface area contributed by atoms with Crippen molar-refractivity contribution in [1.82, 2.24) is 44.0 Å². The van der Waals surface area contributed by atoms with Gasteiger partial charge in [0, 0.05) is 134 Å². The van der Waals surface area contributed by atoms with Gasteiger partial charge in [-0.2, -0.15) is 36.9 Å². The van der Waals surface area contributed by atoms with Crippen LogP contribution in [0.4, 0.5) is 52.7 Å². The Morgan fingerprint density at radius 1 is 0.481 bits per heavy atom. The van der Waals surface area contributed by atoms with Gasteiger partial charge in [-0.05, 0) is 256 Å². The topological polar surface area (TPSA) is 215 Å². The van der Waals surface area contributed by atoms with E-state index in [1.54, 1.807) is 6.92 Å². The monoisotopic (exact) mass is 1850 g/mol. The van der Waals surface area contributed by atoms with Crippen LogP contribution in [0.5, 0.6) is 5.75 Å². The lowest BCUT2D eigenvalue weighted by atomic mass is 9.82. The van der Waals surface area contributed by atoms with Gasteiger partial charge in [0.15, 0.2) is 0 Å². The lowest BCUT2D eigenvalue weighted by Crippen LogP contribution is -2.48.